The number of amides is 1. The first-order valence-electron chi connectivity index (χ1n) is 9.62. The van der Waals surface area contributed by atoms with Gasteiger partial charge in [0.15, 0.2) is 0 Å². The van der Waals surface area contributed by atoms with Crippen molar-refractivity contribution in [3.05, 3.63) is 114 Å². The smallest absolute Gasteiger partial charge is 0.410 e. The molecule has 0 unspecified atom stereocenters. The van der Waals surface area contributed by atoms with Gasteiger partial charge in [0.05, 0.1) is 11.7 Å². The molecule has 3 nitrogen and oxygen atoms in total. The highest BCUT2D eigenvalue weighted by Crippen LogP contribution is 2.39. The topological polar surface area (TPSA) is 29.5 Å². The van der Waals surface area contributed by atoms with Crippen LogP contribution in [-0.4, -0.2) is 6.09 Å². The van der Waals surface area contributed by atoms with Gasteiger partial charge in [-0.3, -0.25) is 4.90 Å². The van der Waals surface area contributed by atoms with Crippen LogP contribution in [0.5, 0.6) is 5.75 Å². The van der Waals surface area contributed by atoms with E-state index >= 15 is 0 Å². The number of ether oxygens (including phenoxy) is 1. The maximum absolute atomic E-state index is 13.3. The van der Waals surface area contributed by atoms with Crippen molar-refractivity contribution in [2.75, 3.05) is 4.90 Å². The Morgan fingerprint density at radius 1 is 0.759 bits per heavy atom. The number of rotatable bonds is 2. The molecule has 0 saturated carbocycles. The number of nitrogens with zero attached hydrogens (tertiary/aromatic N) is 1. The lowest BCUT2D eigenvalue weighted by atomic mass is 9.93. The van der Waals surface area contributed by atoms with Crippen molar-refractivity contribution in [1.29, 1.82) is 0 Å². The fourth-order valence-corrected chi connectivity index (χ4v) is 3.88. The number of para-hydroxylation sites is 2. The standard InChI is InChI=1S/C26H19NO2/c28-26(29-21-12-2-1-3-13-21)27-24-16-7-5-10-20(24)17-18-25(27)23-15-8-11-19-9-4-6-14-22(19)23/h1-18,25H/t25-/m0/s1. The van der Waals surface area contributed by atoms with E-state index in [4.69, 9.17) is 4.74 Å². The van der Waals surface area contributed by atoms with E-state index in [-0.39, 0.29) is 6.04 Å². The number of carbonyl (C=O) groups is 1. The summed E-state index contributed by atoms with van der Waals surface area (Å²) in [5.74, 6) is 0.529. The van der Waals surface area contributed by atoms with Gasteiger partial charge in [-0.1, -0.05) is 91.0 Å². The Morgan fingerprint density at radius 3 is 2.38 bits per heavy atom. The van der Waals surface area contributed by atoms with Crippen LogP contribution in [0, 0.1) is 0 Å². The van der Waals surface area contributed by atoms with Crippen LogP contribution in [0.1, 0.15) is 17.2 Å². The summed E-state index contributed by atoms with van der Waals surface area (Å²) in [6.07, 6.45) is 3.75. The molecule has 1 heterocycles. The second kappa shape index (κ2) is 7.28. The van der Waals surface area contributed by atoms with Gasteiger partial charge < -0.3 is 4.74 Å². The third-order valence-electron chi connectivity index (χ3n) is 5.22. The van der Waals surface area contributed by atoms with Crippen LogP contribution in [0.3, 0.4) is 0 Å². The Hall–Kier alpha value is -3.85. The van der Waals surface area contributed by atoms with Gasteiger partial charge in [0.2, 0.25) is 0 Å². The minimum Gasteiger partial charge on any atom is -0.410 e. The summed E-state index contributed by atoms with van der Waals surface area (Å²) in [5.41, 5.74) is 2.90. The highest BCUT2D eigenvalue weighted by atomic mass is 16.6. The molecule has 0 radical (unpaired) electrons. The molecule has 0 aliphatic carbocycles. The summed E-state index contributed by atoms with van der Waals surface area (Å²) in [7, 11) is 0. The van der Waals surface area contributed by atoms with Crippen LogP contribution in [0.15, 0.2) is 103 Å². The van der Waals surface area contributed by atoms with E-state index in [0.717, 1.165) is 27.6 Å². The Kier molecular flexibility index (Phi) is 4.34. The van der Waals surface area contributed by atoms with E-state index < -0.39 is 6.09 Å². The van der Waals surface area contributed by atoms with E-state index in [1.807, 2.05) is 60.7 Å². The van der Waals surface area contributed by atoms with Crippen LogP contribution in [0.2, 0.25) is 0 Å². The number of fused-ring (bicyclic) bond motifs is 2. The number of hydrogen-bond donors (Lipinski definition) is 0. The predicted octanol–water partition coefficient (Wildman–Crippen LogP) is 6.61. The van der Waals surface area contributed by atoms with E-state index in [1.165, 1.54) is 0 Å². The molecule has 0 fully saturated rings. The van der Waals surface area contributed by atoms with Gasteiger partial charge in [-0.2, -0.15) is 0 Å². The second-order valence-electron chi connectivity index (χ2n) is 6.98. The molecule has 0 N–H and O–H groups in total. The summed E-state index contributed by atoms with van der Waals surface area (Å²) in [4.78, 5) is 15.1. The van der Waals surface area contributed by atoms with Crippen molar-refractivity contribution in [2.45, 2.75) is 6.04 Å². The highest BCUT2D eigenvalue weighted by Gasteiger charge is 2.31. The molecule has 0 aromatic heterocycles. The average molecular weight is 377 g/mol. The molecule has 0 bridgehead atoms. The molecule has 4 aromatic rings. The number of carbonyl (C=O) groups excluding carboxylic acids is 1. The molecular weight excluding hydrogens is 358 g/mol. The quantitative estimate of drug-likeness (QED) is 0.393. The summed E-state index contributed by atoms with van der Waals surface area (Å²) in [6, 6.07) is 31.3. The first-order chi connectivity index (χ1) is 14.3. The van der Waals surface area contributed by atoms with E-state index in [9.17, 15) is 4.79 Å². The van der Waals surface area contributed by atoms with Gasteiger partial charge in [-0.15, -0.1) is 0 Å². The van der Waals surface area contributed by atoms with Crippen molar-refractivity contribution < 1.29 is 9.53 Å². The molecule has 1 aliphatic rings. The minimum atomic E-state index is -0.397. The van der Waals surface area contributed by atoms with Crippen LogP contribution >= 0.6 is 0 Å². The molecular formula is C26H19NO2. The van der Waals surface area contributed by atoms with Crippen molar-refractivity contribution >= 4 is 28.6 Å². The third kappa shape index (κ3) is 3.17. The zero-order valence-corrected chi connectivity index (χ0v) is 15.7. The lowest BCUT2D eigenvalue weighted by Crippen LogP contribution is -2.38. The summed E-state index contributed by atoms with van der Waals surface area (Å²) in [5, 5.41) is 2.27. The first kappa shape index (κ1) is 17.3. The van der Waals surface area contributed by atoms with Crippen LogP contribution < -0.4 is 9.64 Å². The van der Waals surface area contributed by atoms with Crippen molar-refractivity contribution in [3.8, 4) is 5.75 Å². The number of hydrogen-bond acceptors (Lipinski definition) is 2. The van der Waals surface area contributed by atoms with Crippen LogP contribution in [0.4, 0.5) is 10.5 Å². The Labute approximate surface area is 169 Å². The molecule has 0 saturated heterocycles. The fraction of sp³-hybridized carbons (Fsp3) is 0.0385. The monoisotopic (exact) mass is 377 g/mol. The lowest BCUT2D eigenvalue weighted by Gasteiger charge is -2.34. The maximum Gasteiger partial charge on any atom is 0.420 e. The third-order valence-corrected chi connectivity index (χ3v) is 5.22. The van der Waals surface area contributed by atoms with Gasteiger partial charge in [-0.25, -0.2) is 4.79 Å². The molecule has 1 aliphatic heterocycles. The normalized spacial score (nSPS) is 15.2. The number of benzene rings is 4. The largest absolute Gasteiger partial charge is 0.420 e. The van der Waals surface area contributed by atoms with E-state index in [1.54, 1.807) is 17.0 Å². The Balaban J connectivity index is 1.63. The molecule has 29 heavy (non-hydrogen) atoms. The molecule has 140 valence electrons. The van der Waals surface area contributed by atoms with Gasteiger partial charge in [0, 0.05) is 0 Å². The first-order valence-corrected chi connectivity index (χ1v) is 9.62. The van der Waals surface area contributed by atoms with Crippen LogP contribution in [-0.2, 0) is 0 Å². The summed E-state index contributed by atoms with van der Waals surface area (Å²) in [6.45, 7) is 0. The number of anilines is 1. The Morgan fingerprint density at radius 2 is 1.48 bits per heavy atom. The van der Waals surface area contributed by atoms with Crippen molar-refractivity contribution in [3.63, 3.8) is 0 Å². The minimum absolute atomic E-state index is 0.257. The van der Waals surface area contributed by atoms with Gasteiger partial charge in [0.1, 0.15) is 5.75 Å². The Bertz CT molecular complexity index is 1210. The van der Waals surface area contributed by atoms with Gasteiger partial charge in [-0.05, 0) is 40.1 Å². The lowest BCUT2D eigenvalue weighted by molar-refractivity contribution is 0.206. The highest BCUT2D eigenvalue weighted by molar-refractivity contribution is 5.97. The van der Waals surface area contributed by atoms with E-state index in [2.05, 4.69) is 36.4 Å². The SMILES string of the molecule is O=C(Oc1ccccc1)N1c2ccccc2C=C[C@H]1c1cccc2ccccc12. The molecule has 1 amide bonds. The summed E-state index contributed by atoms with van der Waals surface area (Å²) >= 11 is 0. The fourth-order valence-electron chi connectivity index (χ4n) is 3.88. The molecule has 0 spiro atoms. The molecule has 4 aromatic carbocycles. The van der Waals surface area contributed by atoms with Crippen LogP contribution in [0.25, 0.3) is 16.8 Å². The zero-order chi connectivity index (χ0) is 19.6. The summed E-state index contributed by atoms with van der Waals surface area (Å²) < 4.78 is 5.73. The molecule has 5 rings (SSSR count). The van der Waals surface area contributed by atoms with Crippen molar-refractivity contribution in [1.82, 2.24) is 0 Å². The zero-order valence-electron chi connectivity index (χ0n) is 15.7. The molecule has 1 atom stereocenters. The predicted molar refractivity (Wildman–Crippen MR) is 117 cm³/mol. The second-order valence-corrected chi connectivity index (χ2v) is 6.98. The van der Waals surface area contributed by atoms with Gasteiger partial charge in [0.25, 0.3) is 0 Å². The van der Waals surface area contributed by atoms with E-state index in [0.29, 0.717) is 5.75 Å². The van der Waals surface area contributed by atoms with Gasteiger partial charge >= 0.3 is 6.09 Å². The molecule has 3 heteroatoms. The maximum atomic E-state index is 13.3. The van der Waals surface area contributed by atoms with Crippen molar-refractivity contribution in [2.24, 2.45) is 0 Å². The average Bonchev–Trinajstić information content (AvgIpc) is 2.78.